The Labute approximate surface area is 211 Å². The molecule has 1 N–H and O–H groups in total. The van der Waals surface area contributed by atoms with Crippen LogP contribution in [0.5, 0.6) is 0 Å². The van der Waals surface area contributed by atoms with Gasteiger partial charge in [0, 0.05) is 16.9 Å². The molecule has 0 aromatic carbocycles. The summed E-state index contributed by atoms with van der Waals surface area (Å²) in [4.78, 5) is 23.8. The molecule has 2 unspecified atom stereocenters. The zero-order valence-corrected chi connectivity index (χ0v) is 21.6. The predicted molar refractivity (Wildman–Crippen MR) is 120 cm³/mol. The summed E-state index contributed by atoms with van der Waals surface area (Å²) in [6.45, 7) is -0.417. The number of alkyl halides is 2. The van der Waals surface area contributed by atoms with Crippen molar-refractivity contribution >= 4 is 56.9 Å². The van der Waals surface area contributed by atoms with Gasteiger partial charge in [0.15, 0.2) is 6.61 Å². The first kappa shape index (κ1) is 26.1. The van der Waals surface area contributed by atoms with E-state index in [4.69, 9.17) is 17.7 Å². The molecule has 0 radical (unpaired) electrons. The summed E-state index contributed by atoms with van der Waals surface area (Å²) in [5.74, 6) is -1.07. The minimum absolute atomic E-state index is 0.0430. The molecule has 0 aromatic rings. The highest BCUT2D eigenvalue weighted by molar-refractivity contribution is 8.18. The molecule has 6 rings (SSSR count). The van der Waals surface area contributed by atoms with Crippen LogP contribution in [-0.2, 0) is 48.9 Å². The van der Waals surface area contributed by atoms with Gasteiger partial charge in [-0.1, -0.05) is 0 Å². The van der Waals surface area contributed by atoms with Crippen LogP contribution in [0.1, 0.15) is 32.1 Å². The summed E-state index contributed by atoms with van der Waals surface area (Å²) in [6.07, 6.45) is 3.84. The lowest BCUT2D eigenvalue weighted by Crippen LogP contribution is -2.64. The van der Waals surface area contributed by atoms with Crippen LogP contribution in [0.4, 0.5) is 8.78 Å². The molecule has 6 aliphatic rings. The van der Waals surface area contributed by atoms with Gasteiger partial charge in [-0.3, -0.25) is 12.9 Å². The summed E-state index contributed by atoms with van der Waals surface area (Å²) >= 11 is 2.06. The van der Waals surface area contributed by atoms with Crippen molar-refractivity contribution in [2.24, 2.45) is 23.2 Å². The van der Waals surface area contributed by atoms with Crippen LogP contribution in [0.25, 0.3) is 0 Å². The number of hydrogen-bond donors (Lipinski definition) is 1. The lowest BCUT2D eigenvalue weighted by atomic mass is 9.53. The van der Waals surface area contributed by atoms with Gasteiger partial charge >= 0.3 is 38.7 Å². The first-order valence-corrected chi connectivity index (χ1v) is 15.4. The van der Waals surface area contributed by atoms with E-state index in [-0.39, 0.29) is 21.3 Å². The van der Waals surface area contributed by atoms with Gasteiger partial charge in [-0.15, -0.1) is 23.5 Å². The Kier molecular flexibility index (Phi) is 6.54. The Balaban J connectivity index is 1.21. The van der Waals surface area contributed by atoms with Crippen molar-refractivity contribution in [3.63, 3.8) is 0 Å². The third kappa shape index (κ3) is 4.54. The largest absolute Gasteiger partial charge is 0.465 e. The second kappa shape index (κ2) is 8.76. The molecule has 2 saturated heterocycles. The summed E-state index contributed by atoms with van der Waals surface area (Å²) < 4.78 is 88.1. The fourth-order valence-electron chi connectivity index (χ4n) is 6.24. The van der Waals surface area contributed by atoms with E-state index < -0.39 is 50.9 Å². The molecular formula is C19H24F2O10S4. The molecule has 4 aliphatic carbocycles. The topological polar surface area (TPSA) is 142 Å². The highest BCUT2D eigenvalue weighted by atomic mass is 32.2. The van der Waals surface area contributed by atoms with Crippen molar-refractivity contribution in [1.82, 2.24) is 0 Å². The number of rotatable bonds is 5. The monoisotopic (exact) mass is 578 g/mol. The van der Waals surface area contributed by atoms with Gasteiger partial charge < -0.3 is 9.47 Å². The average molecular weight is 579 g/mol. The predicted octanol–water partition coefficient (Wildman–Crippen LogP) is 1.92. The van der Waals surface area contributed by atoms with Gasteiger partial charge in [0.25, 0.3) is 0 Å². The number of hydrogen-bond acceptors (Lipinski definition) is 11. The third-order valence-electron chi connectivity index (χ3n) is 7.61. The van der Waals surface area contributed by atoms with Crippen molar-refractivity contribution in [3.05, 3.63) is 0 Å². The van der Waals surface area contributed by atoms with Crippen LogP contribution in [0.15, 0.2) is 0 Å². The molecule has 35 heavy (non-hydrogen) atoms. The molecule has 10 nitrogen and oxygen atoms in total. The van der Waals surface area contributed by atoms with E-state index in [0.717, 1.165) is 24.3 Å². The van der Waals surface area contributed by atoms with Crippen LogP contribution in [-0.4, -0.2) is 75.4 Å². The Bertz CT molecular complexity index is 1010. The lowest BCUT2D eigenvalue weighted by Gasteiger charge is -2.65. The van der Waals surface area contributed by atoms with Crippen LogP contribution in [0, 0.1) is 23.2 Å². The van der Waals surface area contributed by atoms with Gasteiger partial charge in [-0.05, 0) is 49.9 Å². The Morgan fingerprint density at radius 3 is 2.20 bits per heavy atom. The maximum Gasteiger partial charge on any atom is 0.465 e. The molecule has 0 amide bonds. The van der Waals surface area contributed by atoms with Gasteiger partial charge in [-0.25, -0.2) is 9.59 Å². The van der Waals surface area contributed by atoms with E-state index in [1.807, 2.05) is 23.5 Å². The van der Waals surface area contributed by atoms with Crippen LogP contribution in [0.2, 0.25) is 0 Å². The van der Waals surface area contributed by atoms with Crippen LogP contribution < -0.4 is 0 Å². The second-order valence-corrected chi connectivity index (χ2v) is 15.2. The molecule has 2 spiro atoms. The van der Waals surface area contributed by atoms with Crippen molar-refractivity contribution < 1.29 is 53.4 Å². The van der Waals surface area contributed by atoms with Crippen molar-refractivity contribution in [2.45, 2.75) is 47.0 Å². The minimum Gasteiger partial charge on any atom is -0.457 e. The smallest absolute Gasteiger partial charge is 0.457 e. The summed E-state index contributed by atoms with van der Waals surface area (Å²) in [6, 6.07) is 0. The fraction of sp³-hybridized carbons (Fsp3) is 0.895. The summed E-state index contributed by atoms with van der Waals surface area (Å²) in [5, 5.41) is -5.17. The first-order chi connectivity index (χ1) is 16.3. The van der Waals surface area contributed by atoms with Gasteiger partial charge in [0.1, 0.15) is 5.60 Å². The highest BCUT2D eigenvalue weighted by Gasteiger charge is 2.66. The summed E-state index contributed by atoms with van der Waals surface area (Å²) in [7, 11) is -6.02. The number of esters is 2. The molecule has 2 atom stereocenters. The van der Waals surface area contributed by atoms with Crippen molar-refractivity contribution in [1.29, 1.82) is 0 Å². The van der Waals surface area contributed by atoms with Gasteiger partial charge in [0.2, 0.25) is 0 Å². The van der Waals surface area contributed by atoms with Crippen LogP contribution >= 0.6 is 23.5 Å². The van der Waals surface area contributed by atoms with E-state index in [2.05, 4.69) is 4.74 Å². The number of halogens is 2. The van der Waals surface area contributed by atoms with Crippen molar-refractivity contribution in [3.8, 4) is 0 Å². The van der Waals surface area contributed by atoms with E-state index in [9.17, 15) is 31.0 Å². The Morgan fingerprint density at radius 2 is 1.66 bits per heavy atom. The molecule has 4 bridgehead atoms. The molecular weight excluding hydrogens is 554 g/mol. The number of carbonyl (C=O) groups is 2. The summed E-state index contributed by atoms with van der Waals surface area (Å²) in [5.41, 5.74) is -0.970. The zero-order chi connectivity index (χ0) is 25.3. The standard InChI is InChI=1S/C19H24F2O10S4/c20-19(21,35(25,26)27)15(23)28-6-14(22)31-17-3-11-1-12(4-17)18(13(2-11)5-17)32-9-16(10-33-18)7-29-34(24)30-8-16/h11-13H,1-10H2,(H,25,26,27). The second-order valence-electron chi connectivity index (χ2n) is 10.1. The third-order valence-corrected chi connectivity index (χ3v) is 13.5. The average Bonchev–Trinajstić information content (AvgIpc) is 2.77. The number of carbonyl (C=O) groups excluding carboxylic acids is 2. The fourth-order valence-corrected chi connectivity index (χ4v) is 11.3. The van der Waals surface area contributed by atoms with E-state index in [1.54, 1.807) is 0 Å². The number of ether oxygens (including phenoxy) is 2. The van der Waals surface area contributed by atoms with E-state index in [1.165, 1.54) is 0 Å². The van der Waals surface area contributed by atoms with Gasteiger partial charge in [0.05, 0.1) is 17.3 Å². The molecule has 2 aliphatic heterocycles. The lowest BCUT2D eigenvalue weighted by molar-refractivity contribution is -0.195. The normalized spacial score (nSPS) is 42.8. The van der Waals surface area contributed by atoms with Crippen molar-refractivity contribution in [2.75, 3.05) is 31.3 Å². The molecule has 6 fully saturated rings. The molecule has 16 heteroatoms. The molecule has 0 aromatic heterocycles. The minimum atomic E-state index is -6.02. The SMILES string of the molecule is O=C(COC(=O)C(F)(F)S(=O)(=O)O)OC12CC3CC(C1)C1(SCC4(COS(=O)OC4)CS1)C(C3)C2. The Morgan fingerprint density at radius 1 is 1.09 bits per heavy atom. The molecule has 2 heterocycles. The first-order valence-electron chi connectivity index (χ1n) is 11.0. The number of thioether (sulfide) groups is 2. The van der Waals surface area contributed by atoms with E-state index >= 15 is 0 Å². The highest BCUT2D eigenvalue weighted by Crippen LogP contribution is 2.70. The van der Waals surface area contributed by atoms with Gasteiger partial charge in [-0.2, -0.15) is 21.4 Å². The molecule has 198 valence electrons. The molecule has 4 saturated carbocycles. The van der Waals surface area contributed by atoms with E-state index in [0.29, 0.717) is 38.4 Å². The quantitative estimate of drug-likeness (QED) is 0.376. The Hall–Kier alpha value is -0.520. The zero-order valence-electron chi connectivity index (χ0n) is 18.3. The maximum atomic E-state index is 13.3. The van der Waals surface area contributed by atoms with Crippen LogP contribution in [0.3, 0.4) is 0 Å². The maximum absolute atomic E-state index is 13.3.